The SMILES string of the molecule is O=C(O)CCC(=O)Nc1cc(Br)ccc1Br. The fourth-order valence-corrected chi connectivity index (χ4v) is 1.73. The largest absolute Gasteiger partial charge is 0.481 e. The average Bonchev–Trinajstić information content (AvgIpc) is 2.20. The van der Waals surface area contributed by atoms with Crippen molar-refractivity contribution in [3.8, 4) is 0 Å². The van der Waals surface area contributed by atoms with Crippen molar-refractivity contribution in [1.82, 2.24) is 0 Å². The van der Waals surface area contributed by atoms with E-state index in [9.17, 15) is 9.59 Å². The number of carboxylic acid groups (broad SMARTS) is 1. The number of benzene rings is 1. The summed E-state index contributed by atoms with van der Waals surface area (Å²) in [6.45, 7) is 0. The maximum Gasteiger partial charge on any atom is 0.303 e. The molecular formula is C10H9Br2NO3. The molecule has 0 unspecified atom stereocenters. The molecule has 6 heteroatoms. The third kappa shape index (κ3) is 4.32. The van der Waals surface area contributed by atoms with Crippen LogP contribution < -0.4 is 5.32 Å². The molecule has 2 N–H and O–H groups in total. The van der Waals surface area contributed by atoms with Crippen LogP contribution in [0.4, 0.5) is 5.69 Å². The van der Waals surface area contributed by atoms with Crippen LogP contribution in [0.1, 0.15) is 12.8 Å². The van der Waals surface area contributed by atoms with Crippen LogP contribution in [0.5, 0.6) is 0 Å². The third-order valence-corrected chi connectivity index (χ3v) is 2.95. The van der Waals surface area contributed by atoms with Crippen molar-refractivity contribution in [2.45, 2.75) is 12.8 Å². The number of amides is 1. The van der Waals surface area contributed by atoms with Gasteiger partial charge in [0.15, 0.2) is 0 Å². The summed E-state index contributed by atoms with van der Waals surface area (Å²) in [5, 5.41) is 11.1. The number of hydrogen-bond acceptors (Lipinski definition) is 2. The fourth-order valence-electron chi connectivity index (χ4n) is 1.03. The van der Waals surface area contributed by atoms with Gasteiger partial charge in [0.05, 0.1) is 12.1 Å². The molecule has 0 aliphatic carbocycles. The molecule has 1 aromatic rings. The van der Waals surface area contributed by atoms with Crippen molar-refractivity contribution in [1.29, 1.82) is 0 Å². The molecule has 0 aliphatic rings. The van der Waals surface area contributed by atoms with Gasteiger partial charge in [-0.25, -0.2) is 0 Å². The Morgan fingerprint density at radius 3 is 2.56 bits per heavy atom. The van der Waals surface area contributed by atoms with Gasteiger partial charge in [0.1, 0.15) is 0 Å². The van der Waals surface area contributed by atoms with E-state index in [1.807, 2.05) is 6.07 Å². The molecule has 0 heterocycles. The summed E-state index contributed by atoms with van der Waals surface area (Å²) in [4.78, 5) is 21.7. The van der Waals surface area contributed by atoms with Gasteiger partial charge >= 0.3 is 5.97 Å². The minimum Gasteiger partial charge on any atom is -0.481 e. The number of aliphatic carboxylic acids is 1. The monoisotopic (exact) mass is 349 g/mol. The number of carbonyl (C=O) groups is 2. The number of carbonyl (C=O) groups excluding carboxylic acids is 1. The van der Waals surface area contributed by atoms with Crippen molar-refractivity contribution in [2.75, 3.05) is 5.32 Å². The van der Waals surface area contributed by atoms with Crippen LogP contribution in [0, 0.1) is 0 Å². The highest BCUT2D eigenvalue weighted by Crippen LogP contribution is 2.26. The minimum absolute atomic E-state index is 0.0334. The molecule has 0 bridgehead atoms. The first-order valence-corrected chi connectivity index (χ1v) is 6.04. The van der Waals surface area contributed by atoms with Gasteiger partial charge < -0.3 is 10.4 Å². The molecule has 0 fully saturated rings. The molecule has 4 nitrogen and oxygen atoms in total. The second kappa shape index (κ2) is 6.00. The van der Waals surface area contributed by atoms with Crippen LogP contribution in [-0.4, -0.2) is 17.0 Å². The van der Waals surface area contributed by atoms with E-state index in [0.29, 0.717) is 5.69 Å². The van der Waals surface area contributed by atoms with E-state index in [4.69, 9.17) is 5.11 Å². The Morgan fingerprint density at radius 2 is 1.94 bits per heavy atom. The molecule has 16 heavy (non-hydrogen) atoms. The molecule has 0 saturated heterocycles. The molecule has 0 radical (unpaired) electrons. The number of carboxylic acids is 1. The highest BCUT2D eigenvalue weighted by Gasteiger charge is 2.08. The summed E-state index contributed by atoms with van der Waals surface area (Å²) >= 11 is 6.57. The van der Waals surface area contributed by atoms with E-state index in [2.05, 4.69) is 37.2 Å². The zero-order chi connectivity index (χ0) is 12.1. The van der Waals surface area contributed by atoms with Crippen LogP contribution in [0.15, 0.2) is 27.1 Å². The van der Waals surface area contributed by atoms with E-state index in [1.54, 1.807) is 12.1 Å². The van der Waals surface area contributed by atoms with Crippen molar-refractivity contribution >= 4 is 49.4 Å². The predicted molar refractivity (Wildman–Crippen MR) is 67.3 cm³/mol. The highest BCUT2D eigenvalue weighted by molar-refractivity contribution is 9.11. The van der Waals surface area contributed by atoms with E-state index in [0.717, 1.165) is 8.95 Å². The lowest BCUT2D eigenvalue weighted by Gasteiger charge is -2.07. The van der Waals surface area contributed by atoms with Gasteiger partial charge in [-0.2, -0.15) is 0 Å². The quantitative estimate of drug-likeness (QED) is 0.877. The number of halogens is 2. The van der Waals surface area contributed by atoms with Crippen LogP contribution in [-0.2, 0) is 9.59 Å². The second-order valence-electron chi connectivity index (χ2n) is 3.07. The summed E-state index contributed by atoms with van der Waals surface area (Å²) in [6, 6.07) is 5.36. The fraction of sp³-hybridized carbons (Fsp3) is 0.200. The van der Waals surface area contributed by atoms with Gasteiger partial charge in [0.2, 0.25) is 5.91 Å². The molecule has 86 valence electrons. The predicted octanol–water partition coefficient (Wildman–Crippen LogP) is 3.01. The maximum absolute atomic E-state index is 11.4. The normalized spacial score (nSPS) is 9.88. The number of anilines is 1. The van der Waals surface area contributed by atoms with Gasteiger partial charge in [0.25, 0.3) is 0 Å². The molecule has 0 aliphatic heterocycles. The third-order valence-electron chi connectivity index (χ3n) is 1.77. The van der Waals surface area contributed by atoms with Gasteiger partial charge in [0, 0.05) is 15.4 Å². The van der Waals surface area contributed by atoms with E-state index in [-0.39, 0.29) is 18.7 Å². The van der Waals surface area contributed by atoms with E-state index < -0.39 is 5.97 Å². The van der Waals surface area contributed by atoms with E-state index in [1.165, 1.54) is 0 Å². The average molecular weight is 351 g/mol. The second-order valence-corrected chi connectivity index (χ2v) is 4.84. The number of rotatable bonds is 4. The zero-order valence-corrected chi connectivity index (χ0v) is 11.3. The Morgan fingerprint density at radius 1 is 1.25 bits per heavy atom. The topological polar surface area (TPSA) is 66.4 Å². The van der Waals surface area contributed by atoms with Crippen molar-refractivity contribution in [3.63, 3.8) is 0 Å². The first-order chi connectivity index (χ1) is 7.49. The lowest BCUT2D eigenvalue weighted by molar-refractivity contribution is -0.138. The Bertz CT molecular complexity index is 421. The van der Waals surface area contributed by atoms with Crippen molar-refractivity contribution in [3.05, 3.63) is 27.1 Å². The minimum atomic E-state index is -0.983. The highest BCUT2D eigenvalue weighted by atomic mass is 79.9. The molecule has 1 rings (SSSR count). The van der Waals surface area contributed by atoms with Crippen LogP contribution in [0.25, 0.3) is 0 Å². The Balaban J connectivity index is 2.62. The molecule has 0 saturated carbocycles. The first kappa shape index (κ1) is 13.2. The lowest BCUT2D eigenvalue weighted by atomic mass is 10.2. The van der Waals surface area contributed by atoms with Crippen LogP contribution in [0.3, 0.4) is 0 Å². The van der Waals surface area contributed by atoms with Crippen LogP contribution >= 0.6 is 31.9 Å². The van der Waals surface area contributed by atoms with E-state index >= 15 is 0 Å². The molecule has 0 aromatic heterocycles. The van der Waals surface area contributed by atoms with Gasteiger partial charge in [-0.3, -0.25) is 9.59 Å². The maximum atomic E-state index is 11.4. The van der Waals surface area contributed by atoms with Gasteiger partial charge in [-0.05, 0) is 34.1 Å². The summed E-state index contributed by atoms with van der Waals surface area (Å²) in [6.07, 6.45) is -0.203. The Hall–Kier alpha value is -0.880. The summed E-state index contributed by atoms with van der Waals surface area (Å²) in [5.74, 6) is -1.30. The number of nitrogens with one attached hydrogen (secondary N) is 1. The molecule has 0 spiro atoms. The lowest BCUT2D eigenvalue weighted by Crippen LogP contribution is -2.13. The first-order valence-electron chi connectivity index (χ1n) is 4.45. The van der Waals surface area contributed by atoms with Crippen molar-refractivity contribution < 1.29 is 14.7 Å². The zero-order valence-electron chi connectivity index (χ0n) is 8.17. The van der Waals surface area contributed by atoms with Gasteiger partial charge in [-0.15, -0.1) is 0 Å². The molecule has 0 atom stereocenters. The standard InChI is InChI=1S/C10H9Br2NO3/c11-6-1-2-7(12)8(5-6)13-9(14)3-4-10(15)16/h1-2,5H,3-4H2,(H,13,14)(H,15,16). The molecular weight excluding hydrogens is 342 g/mol. The smallest absolute Gasteiger partial charge is 0.303 e. The Labute approximate surface area is 109 Å². The number of hydrogen-bond donors (Lipinski definition) is 2. The summed E-state index contributed by atoms with van der Waals surface area (Å²) in [7, 11) is 0. The summed E-state index contributed by atoms with van der Waals surface area (Å²) in [5.41, 5.74) is 0.616. The van der Waals surface area contributed by atoms with Crippen molar-refractivity contribution in [2.24, 2.45) is 0 Å². The van der Waals surface area contributed by atoms with Gasteiger partial charge in [-0.1, -0.05) is 15.9 Å². The molecule has 1 aromatic carbocycles. The molecule has 1 amide bonds. The Kier molecular flexibility index (Phi) is 4.95. The van der Waals surface area contributed by atoms with Crippen LogP contribution in [0.2, 0.25) is 0 Å². The summed E-state index contributed by atoms with van der Waals surface area (Å²) < 4.78 is 1.59.